The number of aryl methyl sites for hydroxylation is 2. The lowest BCUT2D eigenvalue weighted by atomic mass is 9.90. The summed E-state index contributed by atoms with van der Waals surface area (Å²) < 4.78 is 12.9. The largest absolute Gasteiger partial charge is 0.493 e. The number of benzene rings is 1. The zero-order valence-corrected chi connectivity index (χ0v) is 18.1. The average Bonchev–Trinajstić information content (AvgIpc) is 3.31. The number of hydrogen-bond acceptors (Lipinski definition) is 5. The van der Waals surface area contributed by atoms with E-state index >= 15 is 0 Å². The van der Waals surface area contributed by atoms with Gasteiger partial charge in [-0.2, -0.15) is 5.10 Å². The summed E-state index contributed by atoms with van der Waals surface area (Å²) in [7, 11) is 5.26. The summed E-state index contributed by atoms with van der Waals surface area (Å²) in [6, 6.07) is 8.71. The summed E-state index contributed by atoms with van der Waals surface area (Å²) in [4.78, 5) is 3.79. The monoisotopic (exact) mass is 417 g/mol. The molecule has 4 rings (SSSR count). The van der Waals surface area contributed by atoms with Crippen molar-refractivity contribution in [1.29, 1.82) is 0 Å². The molecule has 0 spiro atoms. The molecule has 1 atom stereocenters. The van der Waals surface area contributed by atoms with Gasteiger partial charge in [0.2, 0.25) is 0 Å². The minimum atomic E-state index is 0.152. The summed E-state index contributed by atoms with van der Waals surface area (Å²) in [6.45, 7) is 3.72. The van der Waals surface area contributed by atoms with Crippen LogP contribution in [0.15, 0.2) is 29.6 Å². The van der Waals surface area contributed by atoms with Gasteiger partial charge in [-0.05, 0) is 48.1 Å². The van der Waals surface area contributed by atoms with E-state index in [1.54, 1.807) is 30.2 Å². The molecule has 0 radical (unpaired) electrons. The molecular formula is C21H24ClN3O2S. The molecule has 1 aliphatic rings. The van der Waals surface area contributed by atoms with E-state index in [1.807, 2.05) is 14.0 Å². The molecule has 0 amide bonds. The van der Waals surface area contributed by atoms with Crippen molar-refractivity contribution in [2.45, 2.75) is 25.9 Å². The molecule has 3 heterocycles. The lowest BCUT2D eigenvalue weighted by Crippen LogP contribution is -2.35. The van der Waals surface area contributed by atoms with Crippen LogP contribution in [0.25, 0.3) is 0 Å². The fraction of sp³-hybridized carbons (Fsp3) is 0.381. The Kier molecular flexibility index (Phi) is 5.36. The minimum Gasteiger partial charge on any atom is -0.493 e. The molecule has 3 aromatic rings. The Labute approximate surface area is 174 Å². The van der Waals surface area contributed by atoms with Crippen LogP contribution in [0, 0.1) is 6.92 Å². The fourth-order valence-electron chi connectivity index (χ4n) is 4.00. The van der Waals surface area contributed by atoms with Crippen LogP contribution in [0.2, 0.25) is 5.15 Å². The van der Waals surface area contributed by atoms with Crippen LogP contribution >= 0.6 is 22.9 Å². The topological polar surface area (TPSA) is 39.5 Å². The van der Waals surface area contributed by atoms with Crippen LogP contribution in [0.4, 0.5) is 0 Å². The van der Waals surface area contributed by atoms with Gasteiger partial charge in [-0.1, -0.05) is 17.7 Å². The molecule has 0 saturated carbocycles. The van der Waals surface area contributed by atoms with Gasteiger partial charge in [-0.25, -0.2) is 0 Å². The van der Waals surface area contributed by atoms with Gasteiger partial charge in [0.15, 0.2) is 11.5 Å². The number of halogens is 1. The normalized spacial score (nSPS) is 16.8. The highest BCUT2D eigenvalue weighted by Crippen LogP contribution is 2.43. The number of rotatable bonds is 5. The van der Waals surface area contributed by atoms with Gasteiger partial charge in [-0.15, -0.1) is 11.3 Å². The number of thiophene rings is 1. The van der Waals surface area contributed by atoms with Crippen molar-refractivity contribution in [1.82, 2.24) is 14.7 Å². The Morgan fingerprint density at radius 1 is 1.25 bits per heavy atom. The lowest BCUT2D eigenvalue weighted by Gasteiger charge is -2.37. The van der Waals surface area contributed by atoms with Gasteiger partial charge >= 0.3 is 0 Å². The number of aromatic nitrogens is 2. The third-order valence-corrected chi connectivity index (χ3v) is 6.81. The highest BCUT2D eigenvalue weighted by Gasteiger charge is 2.32. The van der Waals surface area contributed by atoms with Crippen molar-refractivity contribution < 1.29 is 9.47 Å². The Morgan fingerprint density at radius 2 is 2.00 bits per heavy atom. The Bertz CT molecular complexity index is 984. The van der Waals surface area contributed by atoms with E-state index in [0.29, 0.717) is 5.15 Å². The molecule has 0 N–H and O–H groups in total. The van der Waals surface area contributed by atoms with E-state index in [1.165, 1.54) is 16.0 Å². The van der Waals surface area contributed by atoms with Crippen LogP contribution in [-0.4, -0.2) is 35.4 Å². The third-order valence-electron chi connectivity index (χ3n) is 5.42. The van der Waals surface area contributed by atoms with Crippen molar-refractivity contribution in [3.05, 3.63) is 62.1 Å². The lowest BCUT2D eigenvalue weighted by molar-refractivity contribution is 0.205. The second-order valence-corrected chi connectivity index (χ2v) is 8.36. The molecule has 1 aromatic carbocycles. The van der Waals surface area contributed by atoms with Crippen molar-refractivity contribution in [3.8, 4) is 11.5 Å². The highest BCUT2D eigenvalue weighted by atomic mass is 35.5. The molecule has 0 fully saturated rings. The molecule has 0 saturated heterocycles. The Hall–Kier alpha value is -2.02. The summed E-state index contributed by atoms with van der Waals surface area (Å²) in [5, 5.41) is 7.32. The zero-order valence-electron chi connectivity index (χ0n) is 16.5. The van der Waals surface area contributed by atoms with E-state index in [9.17, 15) is 0 Å². The first-order valence-corrected chi connectivity index (χ1v) is 10.5. The molecular weight excluding hydrogens is 394 g/mol. The molecule has 7 heteroatoms. The molecule has 1 aliphatic heterocycles. The Balaban J connectivity index is 1.79. The maximum atomic E-state index is 6.53. The van der Waals surface area contributed by atoms with Gasteiger partial charge < -0.3 is 9.47 Å². The number of nitrogens with zero attached hydrogens (tertiary/aromatic N) is 3. The predicted octanol–water partition coefficient (Wildman–Crippen LogP) is 4.61. The minimum absolute atomic E-state index is 0.152. The maximum Gasteiger partial charge on any atom is 0.161 e. The van der Waals surface area contributed by atoms with E-state index in [-0.39, 0.29) is 6.04 Å². The maximum absolute atomic E-state index is 6.53. The third kappa shape index (κ3) is 3.30. The molecule has 0 aliphatic carbocycles. The quantitative estimate of drug-likeness (QED) is 0.607. The van der Waals surface area contributed by atoms with Gasteiger partial charge in [0.05, 0.1) is 26.0 Å². The van der Waals surface area contributed by atoms with Crippen LogP contribution < -0.4 is 9.47 Å². The van der Waals surface area contributed by atoms with E-state index in [2.05, 4.69) is 39.6 Å². The summed E-state index contributed by atoms with van der Waals surface area (Å²) in [6.07, 6.45) is 0.953. The molecule has 148 valence electrons. The van der Waals surface area contributed by atoms with Gasteiger partial charge in [0, 0.05) is 30.6 Å². The molecule has 1 unspecified atom stereocenters. The first kappa shape index (κ1) is 19.3. The number of fused-ring (bicyclic) bond motifs is 1. The second-order valence-electron chi connectivity index (χ2n) is 7.02. The number of ether oxygens (including phenoxy) is 2. The van der Waals surface area contributed by atoms with Crippen molar-refractivity contribution in [2.75, 3.05) is 20.8 Å². The summed E-state index contributed by atoms with van der Waals surface area (Å²) >= 11 is 8.31. The van der Waals surface area contributed by atoms with Crippen LogP contribution in [0.5, 0.6) is 11.5 Å². The number of hydrogen-bond donors (Lipinski definition) is 0. The standard InChI is InChI=1S/C21H24ClN3O2S/c1-13-16(21(22)24(2)23-13)12-25-8-7-14-10-17(26-3)18(27-4)11-15(14)20(25)19-6-5-9-28-19/h5-6,9-11,20H,7-8,12H2,1-4H3. The molecule has 5 nitrogen and oxygen atoms in total. The van der Waals surface area contributed by atoms with Gasteiger partial charge in [0.1, 0.15) is 5.15 Å². The SMILES string of the molecule is COc1cc2c(cc1OC)C(c1cccs1)N(Cc1c(C)nn(C)c1Cl)CC2. The predicted molar refractivity (Wildman–Crippen MR) is 113 cm³/mol. The van der Waals surface area contributed by atoms with Crippen molar-refractivity contribution >= 4 is 22.9 Å². The van der Waals surface area contributed by atoms with E-state index in [4.69, 9.17) is 21.1 Å². The second kappa shape index (κ2) is 7.78. The average molecular weight is 418 g/mol. The summed E-state index contributed by atoms with van der Waals surface area (Å²) in [5.41, 5.74) is 4.65. The fourth-order valence-corrected chi connectivity index (χ4v) is 5.12. The highest BCUT2D eigenvalue weighted by molar-refractivity contribution is 7.10. The smallest absolute Gasteiger partial charge is 0.161 e. The summed E-state index contributed by atoms with van der Waals surface area (Å²) in [5.74, 6) is 1.55. The van der Waals surface area contributed by atoms with Crippen LogP contribution in [0.1, 0.15) is 33.3 Å². The van der Waals surface area contributed by atoms with Gasteiger partial charge in [0.25, 0.3) is 0 Å². The first-order chi connectivity index (χ1) is 13.5. The van der Waals surface area contributed by atoms with E-state index in [0.717, 1.165) is 42.3 Å². The van der Waals surface area contributed by atoms with E-state index < -0.39 is 0 Å². The van der Waals surface area contributed by atoms with Crippen LogP contribution in [0.3, 0.4) is 0 Å². The van der Waals surface area contributed by atoms with Crippen molar-refractivity contribution in [3.63, 3.8) is 0 Å². The molecule has 2 aromatic heterocycles. The molecule has 28 heavy (non-hydrogen) atoms. The van der Waals surface area contributed by atoms with Crippen molar-refractivity contribution in [2.24, 2.45) is 7.05 Å². The first-order valence-electron chi connectivity index (χ1n) is 9.23. The van der Waals surface area contributed by atoms with Gasteiger partial charge in [-0.3, -0.25) is 9.58 Å². The zero-order chi connectivity index (χ0) is 19.8. The number of methoxy groups -OCH3 is 2. The Morgan fingerprint density at radius 3 is 2.61 bits per heavy atom. The van der Waals surface area contributed by atoms with Crippen LogP contribution in [-0.2, 0) is 20.0 Å². The molecule has 0 bridgehead atoms.